The summed E-state index contributed by atoms with van der Waals surface area (Å²) in [5, 5.41) is 4.06. The molecule has 1 amide bonds. The summed E-state index contributed by atoms with van der Waals surface area (Å²) < 4.78 is 5.97. The largest absolute Gasteiger partial charge is 0.489 e. The first-order valence-corrected chi connectivity index (χ1v) is 12.1. The van der Waals surface area contributed by atoms with Crippen LogP contribution >= 0.6 is 21.6 Å². The number of hydrogen-bond donors (Lipinski definition) is 1. The predicted octanol–water partition coefficient (Wildman–Crippen LogP) is 5.15. The van der Waals surface area contributed by atoms with Gasteiger partial charge in [0.15, 0.2) is 0 Å². The number of fused-ring (bicyclic) bond motifs is 4. The summed E-state index contributed by atoms with van der Waals surface area (Å²) in [4.78, 5) is 11.9. The Morgan fingerprint density at radius 2 is 1.97 bits per heavy atom. The van der Waals surface area contributed by atoms with Gasteiger partial charge in [-0.05, 0) is 47.7 Å². The van der Waals surface area contributed by atoms with Crippen molar-refractivity contribution in [1.29, 1.82) is 0 Å². The summed E-state index contributed by atoms with van der Waals surface area (Å²) in [6.07, 6.45) is 10.7. The van der Waals surface area contributed by atoms with Gasteiger partial charge in [0.25, 0.3) is 0 Å². The quantitative estimate of drug-likeness (QED) is 0.469. The molecule has 2 aromatic carbocycles. The van der Waals surface area contributed by atoms with Gasteiger partial charge in [-0.1, -0.05) is 58.2 Å². The zero-order valence-electron chi connectivity index (χ0n) is 16.2. The highest BCUT2D eigenvalue weighted by molar-refractivity contribution is 8.76. The van der Waals surface area contributed by atoms with Gasteiger partial charge in [-0.2, -0.15) is 5.10 Å². The van der Waals surface area contributed by atoms with Gasteiger partial charge in [-0.25, -0.2) is 5.43 Å². The van der Waals surface area contributed by atoms with Crippen molar-refractivity contribution in [2.24, 2.45) is 5.10 Å². The fourth-order valence-electron chi connectivity index (χ4n) is 2.87. The number of hydrogen-bond acceptors (Lipinski definition) is 5. The van der Waals surface area contributed by atoms with Crippen LogP contribution in [0.3, 0.4) is 0 Å². The number of rotatable bonds is 0. The fourth-order valence-corrected chi connectivity index (χ4v) is 5.07. The van der Waals surface area contributed by atoms with Gasteiger partial charge in [0.2, 0.25) is 5.91 Å². The molecular formula is C23H24N2O2S2. The van der Waals surface area contributed by atoms with Crippen LogP contribution in [0.2, 0.25) is 0 Å². The molecule has 3 rings (SSSR count). The minimum Gasteiger partial charge on any atom is -0.489 e. The molecule has 1 N–H and O–H groups in total. The van der Waals surface area contributed by atoms with E-state index in [1.54, 1.807) is 6.21 Å². The lowest BCUT2D eigenvalue weighted by atomic mass is 10.1. The number of nitrogens with one attached hydrogen (secondary N) is 1. The van der Waals surface area contributed by atoms with E-state index < -0.39 is 0 Å². The highest BCUT2D eigenvalue weighted by Gasteiger charge is 2.04. The first-order valence-electron chi connectivity index (χ1n) is 9.61. The van der Waals surface area contributed by atoms with Crippen molar-refractivity contribution < 1.29 is 9.53 Å². The molecule has 0 spiro atoms. The summed E-state index contributed by atoms with van der Waals surface area (Å²) >= 11 is 0. The summed E-state index contributed by atoms with van der Waals surface area (Å²) in [5.74, 6) is 5.31. The maximum atomic E-state index is 11.9. The Hall–Kier alpha value is -2.36. The highest BCUT2D eigenvalue weighted by atomic mass is 33.1. The van der Waals surface area contributed by atoms with Crippen LogP contribution in [0.5, 0.6) is 5.75 Å². The summed E-state index contributed by atoms with van der Waals surface area (Å²) in [6.45, 7) is 0.465. The second-order valence-corrected chi connectivity index (χ2v) is 9.31. The monoisotopic (exact) mass is 424 g/mol. The number of ether oxygens (including phenoxy) is 1. The molecular weight excluding hydrogens is 400 g/mol. The van der Waals surface area contributed by atoms with Gasteiger partial charge in [-0.3, -0.25) is 4.79 Å². The Labute approximate surface area is 180 Å². The van der Waals surface area contributed by atoms with Crippen LogP contribution in [0.1, 0.15) is 47.9 Å². The van der Waals surface area contributed by atoms with Crippen molar-refractivity contribution >= 4 is 33.7 Å². The molecule has 0 saturated heterocycles. The summed E-state index contributed by atoms with van der Waals surface area (Å²) in [5.41, 5.74) is 6.49. The van der Waals surface area contributed by atoms with E-state index in [1.807, 2.05) is 39.8 Å². The zero-order valence-corrected chi connectivity index (χ0v) is 17.9. The van der Waals surface area contributed by atoms with E-state index in [0.29, 0.717) is 24.3 Å². The van der Waals surface area contributed by atoms with Crippen LogP contribution in [0.15, 0.2) is 47.6 Å². The molecule has 0 fully saturated rings. The fraction of sp³-hybridized carbons (Fsp3) is 0.304. The first kappa shape index (κ1) is 21.4. The molecule has 0 aromatic heterocycles. The smallest absolute Gasteiger partial charge is 0.240 e. The Morgan fingerprint density at radius 1 is 1.07 bits per heavy atom. The van der Waals surface area contributed by atoms with Crippen molar-refractivity contribution in [2.75, 3.05) is 5.75 Å². The average molecular weight is 425 g/mol. The Bertz CT molecular complexity index is 906. The molecule has 0 atom stereocenters. The Kier molecular flexibility index (Phi) is 8.54. The second-order valence-electron chi connectivity index (χ2n) is 6.73. The molecule has 0 unspecified atom stereocenters. The lowest BCUT2D eigenvalue weighted by Crippen LogP contribution is -2.16. The molecule has 0 saturated carbocycles. The molecule has 0 radical (unpaired) electrons. The minimum atomic E-state index is -0.0688. The zero-order chi connectivity index (χ0) is 20.3. The van der Waals surface area contributed by atoms with E-state index in [9.17, 15) is 4.79 Å². The van der Waals surface area contributed by atoms with Crippen LogP contribution in [0.4, 0.5) is 0 Å². The SMILES string of the molecule is C#Cc1cc2cc(c1)OCc1cccc(c1)CSSCCCCCC(=O)N/N=C/2. The van der Waals surface area contributed by atoms with Gasteiger partial charge >= 0.3 is 0 Å². The molecule has 29 heavy (non-hydrogen) atoms. The highest BCUT2D eigenvalue weighted by Crippen LogP contribution is 2.27. The maximum Gasteiger partial charge on any atom is 0.240 e. The molecule has 0 aliphatic carbocycles. The Balaban J connectivity index is 1.76. The van der Waals surface area contributed by atoms with Crippen molar-refractivity contribution in [3.8, 4) is 18.1 Å². The van der Waals surface area contributed by atoms with E-state index in [1.165, 1.54) is 5.56 Å². The maximum absolute atomic E-state index is 11.9. The molecule has 4 bridgehead atoms. The number of carbonyl (C=O) groups is 1. The van der Waals surface area contributed by atoms with Crippen LogP contribution in [0, 0.1) is 12.3 Å². The molecule has 1 aliphatic rings. The van der Waals surface area contributed by atoms with E-state index in [0.717, 1.165) is 41.9 Å². The number of carbonyl (C=O) groups excluding carboxylic acids is 1. The van der Waals surface area contributed by atoms with Crippen molar-refractivity contribution in [3.05, 3.63) is 64.7 Å². The Morgan fingerprint density at radius 3 is 2.86 bits per heavy atom. The molecule has 150 valence electrons. The number of hydrazone groups is 1. The number of nitrogens with zero attached hydrogens (tertiary/aromatic N) is 1. The standard InChI is InChI=1S/C23H24N2O2S2/c1-2-18-11-21-14-22(13-18)27-16-19-7-6-8-20(12-19)17-29-28-10-5-3-4-9-23(26)25-24-15-21/h1,6-8,11-15H,3-5,9-10,16-17H2,(H,25,26)/b24-15+. The van der Waals surface area contributed by atoms with E-state index in [4.69, 9.17) is 11.2 Å². The third-order valence-electron chi connectivity index (χ3n) is 4.34. The first-order chi connectivity index (χ1) is 14.2. The van der Waals surface area contributed by atoms with Crippen LogP contribution in [0.25, 0.3) is 0 Å². The van der Waals surface area contributed by atoms with Gasteiger partial charge in [-0.15, -0.1) is 6.42 Å². The normalized spacial score (nSPS) is 17.3. The number of benzene rings is 2. The summed E-state index contributed by atoms with van der Waals surface area (Å²) in [7, 11) is 3.76. The van der Waals surface area contributed by atoms with Gasteiger partial charge in [0, 0.05) is 23.5 Å². The molecule has 6 heteroatoms. The van der Waals surface area contributed by atoms with Crippen LogP contribution in [-0.4, -0.2) is 17.9 Å². The van der Waals surface area contributed by atoms with Gasteiger partial charge < -0.3 is 4.74 Å². The molecule has 1 heterocycles. The number of amides is 1. The third kappa shape index (κ3) is 7.52. The topological polar surface area (TPSA) is 50.7 Å². The predicted molar refractivity (Wildman–Crippen MR) is 123 cm³/mol. The van der Waals surface area contributed by atoms with E-state index in [-0.39, 0.29) is 5.91 Å². The van der Waals surface area contributed by atoms with Gasteiger partial charge in [0.1, 0.15) is 12.4 Å². The minimum absolute atomic E-state index is 0.0688. The molecule has 1 aliphatic heterocycles. The molecule has 4 nitrogen and oxygen atoms in total. The van der Waals surface area contributed by atoms with E-state index >= 15 is 0 Å². The lowest BCUT2D eigenvalue weighted by Gasteiger charge is -2.10. The lowest BCUT2D eigenvalue weighted by molar-refractivity contribution is -0.121. The van der Waals surface area contributed by atoms with Crippen molar-refractivity contribution in [1.82, 2.24) is 5.43 Å². The van der Waals surface area contributed by atoms with Crippen LogP contribution < -0.4 is 10.2 Å². The third-order valence-corrected chi connectivity index (χ3v) is 6.76. The average Bonchev–Trinajstić information content (AvgIpc) is 2.73. The second kappa shape index (κ2) is 11.6. The summed E-state index contributed by atoms with van der Waals surface area (Å²) in [6, 6.07) is 14.0. The van der Waals surface area contributed by atoms with Crippen LogP contribution in [-0.2, 0) is 17.2 Å². The van der Waals surface area contributed by atoms with Gasteiger partial charge in [0.05, 0.1) is 6.21 Å². The van der Waals surface area contributed by atoms with Crippen molar-refractivity contribution in [3.63, 3.8) is 0 Å². The van der Waals surface area contributed by atoms with E-state index in [2.05, 4.69) is 40.7 Å². The van der Waals surface area contributed by atoms with Crippen molar-refractivity contribution in [2.45, 2.75) is 38.0 Å². The number of terminal acetylenes is 1. The molecule has 2 aromatic rings.